The Morgan fingerprint density at radius 1 is 0.864 bits per heavy atom. The molecule has 2 aromatic rings. The summed E-state index contributed by atoms with van der Waals surface area (Å²) in [5, 5.41) is 21.6. The zero-order chi connectivity index (χ0) is 32.2. The van der Waals surface area contributed by atoms with E-state index in [4.69, 9.17) is 0 Å². The van der Waals surface area contributed by atoms with Gasteiger partial charge in [0.05, 0.1) is 23.0 Å². The second kappa shape index (κ2) is 13.5. The van der Waals surface area contributed by atoms with Crippen LogP contribution in [0.3, 0.4) is 0 Å². The zero-order valence-electron chi connectivity index (χ0n) is 23.3. The molecule has 1 atom stereocenters. The van der Waals surface area contributed by atoms with E-state index in [-0.39, 0.29) is 24.0 Å². The minimum Gasteiger partial charge on any atom is -0.481 e. The van der Waals surface area contributed by atoms with E-state index >= 15 is 0 Å². The molecule has 7 nitrogen and oxygen atoms in total. The van der Waals surface area contributed by atoms with E-state index in [1.165, 1.54) is 12.1 Å². The zero-order valence-corrected chi connectivity index (χ0v) is 24.1. The summed E-state index contributed by atoms with van der Waals surface area (Å²) in [7, 11) is 0. The summed E-state index contributed by atoms with van der Waals surface area (Å²) in [5.41, 5.74) is -4.11. The van der Waals surface area contributed by atoms with Crippen LogP contribution >= 0.6 is 11.8 Å². The maximum atomic E-state index is 14.3. The second-order valence-electron chi connectivity index (χ2n) is 10.9. The minimum atomic E-state index is -5.41. The number of carboxylic acid groups (broad SMARTS) is 2. The molecule has 0 spiro atoms. The number of hydrogen-bond acceptors (Lipinski definition) is 5. The lowest BCUT2D eigenvalue weighted by atomic mass is 9.86. The molecule has 0 bridgehead atoms. The molecule has 238 valence electrons. The fraction of sp³-hybridized carbons (Fsp3) is 0.433. The van der Waals surface area contributed by atoms with Crippen molar-refractivity contribution in [2.75, 3.05) is 18.4 Å². The van der Waals surface area contributed by atoms with Crippen LogP contribution in [0.2, 0.25) is 0 Å². The molecule has 1 unspecified atom stereocenters. The molecule has 44 heavy (non-hydrogen) atoms. The highest BCUT2D eigenvalue weighted by atomic mass is 32.2. The van der Waals surface area contributed by atoms with Crippen molar-refractivity contribution in [1.29, 1.82) is 0 Å². The highest BCUT2D eigenvalue weighted by Gasteiger charge is 2.46. The molecule has 1 amide bonds. The normalized spacial score (nSPS) is 21.3. The van der Waals surface area contributed by atoms with Gasteiger partial charge in [-0.2, -0.15) is 26.3 Å². The fourth-order valence-electron chi connectivity index (χ4n) is 5.55. The van der Waals surface area contributed by atoms with E-state index in [9.17, 15) is 50.9 Å². The Balaban J connectivity index is 1.60. The first kappa shape index (κ1) is 33.2. The van der Waals surface area contributed by atoms with Crippen LogP contribution in [0.15, 0.2) is 52.3 Å². The van der Waals surface area contributed by atoms with Crippen LogP contribution in [0.1, 0.15) is 55.2 Å². The molecular formula is C30H30F6N2O5S. The molecule has 1 aliphatic carbocycles. The number of benzene rings is 2. The number of amides is 1. The molecule has 0 radical (unpaired) electrons. The Kier molecular flexibility index (Phi) is 10.2. The predicted octanol–water partition coefficient (Wildman–Crippen LogP) is 7.27. The predicted molar refractivity (Wildman–Crippen MR) is 150 cm³/mol. The van der Waals surface area contributed by atoms with Crippen molar-refractivity contribution in [3.63, 3.8) is 0 Å². The van der Waals surface area contributed by atoms with Crippen molar-refractivity contribution in [3.8, 4) is 0 Å². The van der Waals surface area contributed by atoms with Gasteiger partial charge in [-0.05, 0) is 74.4 Å². The number of carbonyl (C=O) groups excluding carboxylic acids is 1. The fourth-order valence-corrected chi connectivity index (χ4v) is 6.59. The maximum absolute atomic E-state index is 14.3. The molecule has 3 N–H and O–H groups in total. The Bertz CT molecular complexity index is 1420. The van der Waals surface area contributed by atoms with E-state index < -0.39 is 63.6 Å². The minimum absolute atomic E-state index is 0.0536. The molecule has 1 saturated heterocycles. The van der Waals surface area contributed by atoms with Gasteiger partial charge in [0, 0.05) is 40.7 Å². The van der Waals surface area contributed by atoms with Crippen LogP contribution < -0.4 is 5.32 Å². The smallest absolute Gasteiger partial charge is 0.418 e. The highest BCUT2D eigenvalue weighted by Crippen LogP contribution is 2.48. The summed E-state index contributed by atoms with van der Waals surface area (Å²) in [6.07, 6.45) is -6.56. The van der Waals surface area contributed by atoms with Gasteiger partial charge in [-0.25, -0.2) is 0 Å². The summed E-state index contributed by atoms with van der Waals surface area (Å²) in [5.74, 6) is -4.02. The quantitative estimate of drug-likeness (QED) is 0.205. The summed E-state index contributed by atoms with van der Waals surface area (Å²) in [6.45, 7) is 0.0332. The van der Waals surface area contributed by atoms with Crippen LogP contribution in [0, 0.1) is 11.8 Å². The van der Waals surface area contributed by atoms with Gasteiger partial charge >= 0.3 is 24.3 Å². The van der Waals surface area contributed by atoms with Crippen LogP contribution in [0.25, 0.3) is 6.08 Å². The van der Waals surface area contributed by atoms with Crippen LogP contribution in [0.4, 0.5) is 32.0 Å². The van der Waals surface area contributed by atoms with Crippen molar-refractivity contribution in [2.45, 2.75) is 66.7 Å². The number of aliphatic carboxylic acids is 2. The lowest BCUT2D eigenvalue weighted by Crippen LogP contribution is -2.41. The summed E-state index contributed by atoms with van der Waals surface area (Å²) < 4.78 is 85.5. The maximum Gasteiger partial charge on any atom is 0.418 e. The van der Waals surface area contributed by atoms with Crippen molar-refractivity contribution in [2.24, 2.45) is 11.8 Å². The van der Waals surface area contributed by atoms with E-state index in [0.29, 0.717) is 62.1 Å². The van der Waals surface area contributed by atoms with E-state index in [2.05, 4.69) is 5.32 Å². The van der Waals surface area contributed by atoms with Gasteiger partial charge in [-0.15, -0.1) is 0 Å². The number of likely N-dealkylation sites (tertiary alicyclic amines) is 1. The first-order chi connectivity index (χ1) is 20.6. The molecule has 2 aliphatic rings. The number of nitrogens with one attached hydrogen (secondary N) is 1. The van der Waals surface area contributed by atoms with Gasteiger partial charge in [0.15, 0.2) is 0 Å². The van der Waals surface area contributed by atoms with Gasteiger partial charge in [0.1, 0.15) is 0 Å². The number of piperidine rings is 1. The van der Waals surface area contributed by atoms with Gasteiger partial charge in [-0.1, -0.05) is 23.9 Å². The highest BCUT2D eigenvalue weighted by molar-refractivity contribution is 7.99. The van der Waals surface area contributed by atoms with Crippen molar-refractivity contribution in [1.82, 2.24) is 4.90 Å². The van der Waals surface area contributed by atoms with Crippen LogP contribution in [0.5, 0.6) is 0 Å². The summed E-state index contributed by atoms with van der Waals surface area (Å²) >= 11 is 0.518. The first-order valence-corrected chi connectivity index (χ1v) is 14.7. The topological polar surface area (TPSA) is 107 Å². The molecule has 1 saturated carbocycles. The monoisotopic (exact) mass is 644 g/mol. The van der Waals surface area contributed by atoms with E-state index in [0.717, 1.165) is 23.1 Å². The van der Waals surface area contributed by atoms with E-state index in [1.807, 2.05) is 0 Å². The second-order valence-corrected chi connectivity index (χ2v) is 12.0. The van der Waals surface area contributed by atoms with Crippen molar-refractivity contribution >= 4 is 41.4 Å². The molecule has 14 heteroatoms. The van der Waals surface area contributed by atoms with Gasteiger partial charge in [0.25, 0.3) is 0 Å². The SMILES string of the molecule is O=C(O)C1CCC(Nc2cccc(Sc3ccc(C=CC(=O)N4CCCC(C(=O)O)C4)c(C(F)(F)F)c3C(F)(F)F)c2)CC1. The third kappa shape index (κ3) is 8.27. The molecule has 2 aromatic carbocycles. The third-order valence-corrected chi connectivity index (χ3v) is 8.81. The Morgan fingerprint density at radius 2 is 1.52 bits per heavy atom. The molecule has 1 aliphatic heterocycles. The van der Waals surface area contributed by atoms with Crippen LogP contribution in [-0.4, -0.2) is 52.1 Å². The Labute approximate surface area is 253 Å². The molecule has 1 heterocycles. The number of alkyl halides is 6. The number of hydrogen-bond donors (Lipinski definition) is 3. The molecule has 4 rings (SSSR count). The van der Waals surface area contributed by atoms with E-state index in [1.54, 1.807) is 12.1 Å². The van der Waals surface area contributed by atoms with Crippen molar-refractivity contribution < 1.29 is 50.9 Å². The van der Waals surface area contributed by atoms with Crippen LogP contribution in [-0.2, 0) is 26.7 Å². The number of carboxylic acids is 2. The average Bonchev–Trinajstić information content (AvgIpc) is 2.95. The van der Waals surface area contributed by atoms with Gasteiger partial charge < -0.3 is 20.4 Å². The van der Waals surface area contributed by atoms with Gasteiger partial charge in [0.2, 0.25) is 5.91 Å². The first-order valence-electron chi connectivity index (χ1n) is 13.9. The molecule has 0 aromatic heterocycles. The molecular weight excluding hydrogens is 614 g/mol. The lowest BCUT2D eigenvalue weighted by Gasteiger charge is -2.29. The third-order valence-electron chi connectivity index (χ3n) is 7.76. The Morgan fingerprint density at radius 3 is 2.14 bits per heavy atom. The number of anilines is 1. The number of rotatable bonds is 8. The molecule has 2 fully saturated rings. The van der Waals surface area contributed by atoms with Crippen molar-refractivity contribution in [3.05, 3.63) is 59.2 Å². The largest absolute Gasteiger partial charge is 0.481 e. The van der Waals surface area contributed by atoms with Gasteiger partial charge in [-0.3, -0.25) is 14.4 Å². The average molecular weight is 645 g/mol. The lowest BCUT2D eigenvalue weighted by molar-refractivity contribution is -0.163. The standard InChI is InChI=1S/C30H30F6N2O5S/c31-29(32,33)25-17(9-13-24(39)38-14-2-3-19(16-38)28(42)43)8-12-23(26(25)30(34,35)36)44-22-5-1-4-21(15-22)37-20-10-6-18(7-11-20)27(40)41/h1,4-5,8-9,12-13,15,18-20,37H,2-3,6-7,10-11,14,16H2,(H,40,41)(H,42,43). The number of halogens is 6. The summed E-state index contributed by atoms with van der Waals surface area (Å²) in [6, 6.07) is 7.98. The summed E-state index contributed by atoms with van der Waals surface area (Å²) in [4.78, 5) is 35.8. The Hall–Kier alpha value is -3.68. The number of carbonyl (C=O) groups is 3. The number of nitrogens with zero attached hydrogens (tertiary/aromatic N) is 1.